The number of hydrogen-bond acceptors (Lipinski definition) is 5. The van der Waals surface area contributed by atoms with Crippen molar-refractivity contribution >= 4 is 17.2 Å². The molecular formula is C14H20N4O3. The molecule has 1 aromatic carbocycles. The van der Waals surface area contributed by atoms with Crippen LogP contribution in [0.3, 0.4) is 0 Å². The molecule has 1 aromatic rings. The minimum atomic E-state index is -0.481. The van der Waals surface area contributed by atoms with E-state index in [4.69, 9.17) is 10.9 Å². The van der Waals surface area contributed by atoms with Gasteiger partial charge in [0.15, 0.2) is 5.84 Å². The lowest BCUT2D eigenvalue weighted by Crippen LogP contribution is -2.29. The van der Waals surface area contributed by atoms with Crippen LogP contribution in [0.25, 0.3) is 0 Å². The molecule has 0 aliphatic heterocycles. The highest BCUT2D eigenvalue weighted by atomic mass is 16.6. The lowest BCUT2D eigenvalue weighted by Gasteiger charge is -2.26. The van der Waals surface area contributed by atoms with Crippen LogP contribution in [0.1, 0.15) is 38.2 Å². The lowest BCUT2D eigenvalue weighted by molar-refractivity contribution is -0.384. The van der Waals surface area contributed by atoms with Gasteiger partial charge in [0.05, 0.1) is 10.5 Å². The molecule has 1 fully saturated rings. The molecule has 0 saturated heterocycles. The minimum Gasteiger partial charge on any atom is -0.409 e. The summed E-state index contributed by atoms with van der Waals surface area (Å²) in [4.78, 5) is 12.6. The zero-order valence-corrected chi connectivity index (χ0v) is 12.0. The van der Waals surface area contributed by atoms with Crippen LogP contribution in [0.5, 0.6) is 0 Å². The molecule has 1 aliphatic carbocycles. The quantitative estimate of drug-likeness (QED) is 0.264. The molecule has 0 radical (unpaired) electrons. The summed E-state index contributed by atoms with van der Waals surface area (Å²) in [5.41, 5.74) is 6.85. The number of anilines is 1. The van der Waals surface area contributed by atoms with E-state index in [2.05, 4.69) is 17.0 Å². The highest BCUT2D eigenvalue weighted by Gasteiger charge is 2.31. The average Bonchev–Trinajstić information content (AvgIpc) is 3.31. The third kappa shape index (κ3) is 3.42. The van der Waals surface area contributed by atoms with E-state index in [0.717, 1.165) is 37.9 Å². The van der Waals surface area contributed by atoms with Crippen molar-refractivity contribution in [3.05, 3.63) is 33.9 Å². The Bertz CT molecular complexity index is 555. The first-order chi connectivity index (χ1) is 10.1. The predicted molar refractivity (Wildman–Crippen MR) is 80.9 cm³/mol. The van der Waals surface area contributed by atoms with Gasteiger partial charge in [-0.25, -0.2) is 0 Å². The topological polar surface area (TPSA) is 105 Å². The van der Waals surface area contributed by atoms with E-state index in [0.29, 0.717) is 11.6 Å². The fourth-order valence-electron chi connectivity index (χ4n) is 2.36. The number of benzene rings is 1. The number of amidine groups is 1. The summed E-state index contributed by atoms with van der Waals surface area (Å²) in [5.74, 6) is -0.101. The van der Waals surface area contributed by atoms with E-state index < -0.39 is 4.92 Å². The molecule has 0 heterocycles. The first-order valence-corrected chi connectivity index (χ1v) is 7.11. The van der Waals surface area contributed by atoms with Gasteiger partial charge in [0, 0.05) is 30.4 Å². The molecule has 21 heavy (non-hydrogen) atoms. The van der Waals surface area contributed by atoms with Crippen molar-refractivity contribution < 1.29 is 10.1 Å². The van der Waals surface area contributed by atoms with Gasteiger partial charge in [-0.15, -0.1) is 0 Å². The van der Waals surface area contributed by atoms with Gasteiger partial charge >= 0.3 is 0 Å². The van der Waals surface area contributed by atoms with Crippen LogP contribution in [0.4, 0.5) is 11.4 Å². The highest BCUT2D eigenvalue weighted by Crippen LogP contribution is 2.35. The summed E-state index contributed by atoms with van der Waals surface area (Å²) in [5, 5.41) is 22.8. The summed E-state index contributed by atoms with van der Waals surface area (Å²) in [7, 11) is 0. The monoisotopic (exact) mass is 292 g/mol. The molecule has 0 atom stereocenters. The third-order valence-electron chi connectivity index (χ3n) is 3.62. The standard InChI is InChI=1S/C14H20N4O3/c1-2-3-8-17(10-4-5-10)13-7-6-11(18(20)21)9-12(13)14(15)16-19/h6-7,9-10,19H,2-5,8H2,1H3,(H2,15,16). The molecule has 2 rings (SSSR count). The number of non-ortho nitro benzene ring substituents is 1. The van der Waals surface area contributed by atoms with Gasteiger partial charge < -0.3 is 15.8 Å². The molecule has 1 saturated carbocycles. The van der Waals surface area contributed by atoms with Gasteiger partial charge in [0.25, 0.3) is 5.69 Å². The van der Waals surface area contributed by atoms with Crippen molar-refractivity contribution in [3.63, 3.8) is 0 Å². The summed E-state index contributed by atoms with van der Waals surface area (Å²) < 4.78 is 0. The smallest absolute Gasteiger partial charge is 0.270 e. The van der Waals surface area contributed by atoms with Crippen molar-refractivity contribution in [2.45, 2.75) is 38.6 Å². The van der Waals surface area contributed by atoms with Crippen LogP contribution in [0.15, 0.2) is 23.4 Å². The van der Waals surface area contributed by atoms with Crippen molar-refractivity contribution in [2.24, 2.45) is 10.9 Å². The number of nitrogens with zero attached hydrogens (tertiary/aromatic N) is 3. The molecular weight excluding hydrogens is 272 g/mol. The van der Waals surface area contributed by atoms with Gasteiger partial charge in [0.2, 0.25) is 0 Å². The van der Waals surface area contributed by atoms with Gasteiger partial charge in [-0.2, -0.15) is 0 Å². The second-order valence-corrected chi connectivity index (χ2v) is 5.22. The minimum absolute atomic E-state index is 0.0633. The zero-order valence-electron chi connectivity index (χ0n) is 12.0. The second-order valence-electron chi connectivity index (χ2n) is 5.22. The van der Waals surface area contributed by atoms with E-state index >= 15 is 0 Å². The van der Waals surface area contributed by atoms with Gasteiger partial charge in [-0.1, -0.05) is 18.5 Å². The van der Waals surface area contributed by atoms with Crippen LogP contribution in [-0.4, -0.2) is 28.6 Å². The van der Waals surface area contributed by atoms with Crippen LogP contribution >= 0.6 is 0 Å². The maximum atomic E-state index is 10.9. The molecule has 1 aliphatic rings. The van der Waals surface area contributed by atoms with E-state index in [1.165, 1.54) is 12.1 Å². The summed E-state index contributed by atoms with van der Waals surface area (Å²) in [6.07, 6.45) is 4.31. The Labute approximate surface area is 123 Å². The zero-order chi connectivity index (χ0) is 15.4. The summed E-state index contributed by atoms with van der Waals surface area (Å²) in [6.45, 7) is 2.98. The van der Waals surface area contributed by atoms with E-state index in [-0.39, 0.29) is 11.5 Å². The summed E-state index contributed by atoms with van der Waals surface area (Å²) >= 11 is 0. The van der Waals surface area contributed by atoms with Crippen LogP contribution in [0.2, 0.25) is 0 Å². The first-order valence-electron chi connectivity index (χ1n) is 7.11. The first kappa shape index (κ1) is 15.1. The van der Waals surface area contributed by atoms with Gasteiger partial charge in [-0.05, 0) is 25.3 Å². The number of oxime groups is 1. The molecule has 0 aromatic heterocycles. The fourth-order valence-corrected chi connectivity index (χ4v) is 2.36. The third-order valence-corrected chi connectivity index (χ3v) is 3.62. The van der Waals surface area contributed by atoms with E-state index in [1.807, 2.05) is 0 Å². The van der Waals surface area contributed by atoms with Crippen molar-refractivity contribution in [2.75, 3.05) is 11.4 Å². The number of nitro groups is 1. The largest absolute Gasteiger partial charge is 0.409 e. The fraction of sp³-hybridized carbons (Fsp3) is 0.500. The number of nitro benzene ring substituents is 1. The molecule has 7 nitrogen and oxygen atoms in total. The van der Waals surface area contributed by atoms with Gasteiger partial charge in [0.1, 0.15) is 0 Å². The molecule has 0 unspecified atom stereocenters. The Kier molecular flexibility index (Phi) is 4.62. The molecule has 0 spiro atoms. The second kappa shape index (κ2) is 6.43. The van der Waals surface area contributed by atoms with Crippen LogP contribution < -0.4 is 10.6 Å². The maximum Gasteiger partial charge on any atom is 0.270 e. The molecule has 7 heteroatoms. The normalized spacial score (nSPS) is 15.0. The molecule has 0 amide bonds. The molecule has 0 bridgehead atoms. The van der Waals surface area contributed by atoms with Crippen LogP contribution in [-0.2, 0) is 0 Å². The van der Waals surface area contributed by atoms with Crippen molar-refractivity contribution in [1.82, 2.24) is 0 Å². The Hall–Kier alpha value is -2.31. The average molecular weight is 292 g/mol. The Morgan fingerprint density at radius 1 is 1.57 bits per heavy atom. The molecule has 114 valence electrons. The number of rotatable bonds is 7. The Morgan fingerprint density at radius 2 is 2.29 bits per heavy atom. The Balaban J connectivity index is 2.42. The lowest BCUT2D eigenvalue weighted by atomic mass is 10.1. The SMILES string of the molecule is CCCCN(c1ccc([N+](=O)[O-])cc1C(N)=NO)C1CC1. The van der Waals surface area contributed by atoms with Crippen LogP contribution in [0, 0.1) is 10.1 Å². The van der Waals surface area contributed by atoms with Crippen molar-refractivity contribution in [1.29, 1.82) is 0 Å². The number of hydrogen-bond donors (Lipinski definition) is 2. The highest BCUT2D eigenvalue weighted by molar-refractivity contribution is 6.03. The Morgan fingerprint density at radius 3 is 2.81 bits per heavy atom. The number of unbranched alkanes of at least 4 members (excludes halogenated alkanes) is 1. The predicted octanol–water partition coefficient (Wildman–Crippen LogP) is 2.46. The van der Waals surface area contributed by atoms with Crippen molar-refractivity contribution in [3.8, 4) is 0 Å². The molecule has 3 N–H and O–H groups in total. The van der Waals surface area contributed by atoms with E-state index in [1.54, 1.807) is 6.07 Å². The van der Waals surface area contributed by atoms with Gasteiger partial charge in [-0.3, -0.25) is 10.1 Å². The van der Waals surface area contributed by atoms with E-state index in [9.17, 15) is 10.1 Å². The maximum absolute atomic E-state index is 10.9. The summed E-state index contributed by atoms with van der Waals surface area (Å²) in [6, 6.07) is 4.97. The number of nitrogens with two attached hydrogens (primary N) is 1.